The van der Waals surface area contributed by atoms with Gasteiger partial charge in [0.15, 0.2) is 17.5 Å². The zero-order chi connectivity index (χ0) is 22.7. The van der Waals surface area contributed by atoms with Gasteiger partial charge in [0, 0.05) is 37.7 Å². The van der Waals surface area contributed by atoms with Crippen molar-refractivity contribution in [3.05, 3.63) is 58.3 Å². The molecule has 0 saturated heterocycles. The van der Waals surface area contributed by atoms with Crippen molar-refractivity contribution in [2.45, 2.75) is 44.6 Å². The minimum atomic E-state index is -1.49. The molecule has 1 fully saturated rings. The van der Waals surface area contributed by atoms with Crippen molar-refractivity contribution in [3.8, 4) is 11.3 Å². The van der Waals surface area contributed by atoms with Crippen LogP contribution >= 0.6 is 0 Å². The average Bonchev–Trinajstić information content (AvgIpc) is 3.25. The van der Waals surface area contributed by atoms with Crippen molar-refractivity contribution in [2.24, 2.45) is 14.1 Å². The molecule has 1 atom stereocenters. The number of benzene rings is 1. The van der Waals surface area contributed by atoms with Crippen LogP contribution in [0.1, 0.15) is 65.5 Å². The molecule has 6 nitrogen and oxygen atoms in total. The number of hydrogen-bond donors (Lipinski definition) is 0. The van der Waals surface area contributed by atoms with Crippen LogP contribution in [0.5, 0.6) is 0 Å². The molecule has 1 saturated carbocycles. The summed E-state index contributed by atoms with van der Waals surface area (Å²) in [5, 5.41) is 8.90. The molecule has 5 rings (SSSR count). The second-order valence-corrected chi connectivity index (χ2v) is 8.71. The van der Waals surface area contributed by atoms with E-state index in [-0.39, 0.29) is 17.5 Å². The summed E-state index contributed by atoms with van der Waals surface area (Å²) < 4.78 is 44.5. The van der Waals surface area contributed by atoms with Gasteiger partial charge in [-0.3, -0.25) is 14.2 Å². The highest BCUT2D eigenvalue weighted by molar-refractivity contribution is 5.96. The zero-order valence-electron chi connectivity index (χ0n) is 18.2. The molecule has 0 bridgehead atoms. The Morgan fingerprint density at radius 2 is 1.78 bits per heavy atom. The molecule has 0 N–H and O–H groups in total. The molecular weight excluding hydrogens is 419 g/mol. The molecule has 1 aliphatic carbocycles. The maximum atomic E-state index is 13.9. The lowest BCUT2D eigenvalue weighted by Crippen LogP contribution is -2.39. The topological polar surface area (TPSA) is 56.0 Å². The largest absolute Gasteiger partial charge is 0.330 e. The van der Waals surface area contributed by atoms with E-state index in [9.17, 15) is 18.0 Å². The fourth-order valence-corrected chi connectivity index (χ4v) is 5.01. The minimum absolute atomic E-state index is 0.0794. The van der Waals surface area contributed by atoms with Gasteiger partial charge in [0.2, 0.25) is 0 Å². The van der Waals surface area contributed by atoms with Crippen molar-refractivity contribution in [3.63, 3.8) is 0 Å². The van der Waals surface area contributed by atoms with E-state index in [0.29, 0.717) is 35.8 Å². The number of carbonyl (C=O) groups is 1. The molecule has 3 heterocycles. The van der Waals surface area contributed by atoms with Crippen LogP contribution in [0, 0.1) is 17.5 Å². The lowest BCUT2D eigenvalue weighted by molar-refractivity contribution is 0.0671. The average molecular weight is 443 g/mol. The second-order valence-electron chi connectivity index (χ2n) is 8.71. The SMILES string of the molecule is C[C@H]1c2nn(C)c(-c3cc(F)c(F)c(F)c3)c2CCN1C(=O)c1cnn(C)c1C1CCC1. The number of fused-ring (bicyclic) bond motifs is 1. The normalized spacial score (nSPS) is 18.6. The van der Waals surface area contributed by atoms with E-state index in [0.717, 1.165) is 42.7 Å². The summed E-state index contributed by atoms with van der Waals surface area (Å²) in [7, 11) is 3.55. The van der Waals surface area contributed by atoms with Gasteiger partial charge in [-0.1, -0.05) is 6.42 Å². The molecule has 0 unspecified atom stereocenters. The molecule has 1 aromatic carbocycles. The van der Waals surface area contributed by atoms with Gasteiger partial charge in [0.05, 0.1) is 34.9 Å². The first-order chi connectivity index (χ1) is 15.3. The van der Waals surface area contributed by atoms with Crippen molar-refractivity contribution < 1.29 is 18.0 Å². The summed E-state index contributed by atoms with van der Waals surface area (Å²) in [5.41, 5.74) is 3.88. The lowest BCUT2D eigenvalue weighted by Gasteiger charge is -2.34. The van der Waals surface area contributed by atoms with Crippen LogP contribution in [-0.2, 0) is 20.5 Å². The van der Waals surface area contributed by atoms with Crippen LogP contribution in [0.2, 0.25) is 0 Å². The Kier molecular flexibility index (Phi) is 4.87. The van der Waals surface area contributed by atoms with Crippen LogP contribution < -0.4 is 0 Å². The summed E-state index contributed by atoms with van der Waals surface area (Å²) in [6.07, 6.45) is 5.41. The van der Waals surface area contributed by atoms with E-state index in [1.807, 2.05) is 14.0 Å². The number of carbonyl (C=O) groups excluding carboxylic acids is 1. The zero-order valence-corrected chi connectivity index (χ0v) is 18.2. The minimum Gasteiger partial charge on any atom is -0.330 e. The smallest absolute Gasteiger partial charge is 0.257 e. The van der Waals surface area contributed by atoms with E-state index in [1.54, 1.807) is 27.5 Å². The Hall–Kier alpha value is -3.10. The Labute approximate surface area is 183 Å². The highest BCUT2D eigenvalue weighted by Crippen LogP contribution is 2.40. The number of hydrogen-bond acceptors (Lipinski definition) is 3. The first kappa shape index (κ1) is 20.8. The molecule has 0 radical (unpaired) electrons. The van der Waals surface area contributed by atoms with Crippen LogP contribution in [0.3, 0.4) is 0 Å². The summed E-state index contributed by atoms with van der Waals surface area (Å²) in [6.45, 7) is 2.34. The Morgan fingerprint density at radius 3 is 2.41 bits per heavy atom. The van der Waals surface area contributed by atoms with Crippen LogP contribution in [0.25, 0.3) is 11.3 Å². The molecule has 3 aromatic rings. The van der Waals surface area contributed by atoms with Crippen LogP contribution in [0.15, 0.2) is 18.3 Å². The van der Waals surface area contributed by atoms with Crippen molar-refractivity contribution in [2.75, 3.05) is 6.54 Å². The van der Waals surface area contributed by atoms with Gasteiger partial charge in [-0.25, -0.2) is 13.2 Å². The Bertz CT molecular complexity index is 1200. The first-order valence-corrected chi connectivity index (χ1v) is 10.8. The van der Waals surface area contributed by atoms with E-state index >= 15 is 0 Å². The molecule has 1 aliphatic heterocycles. The quantitative estimate of drug-likeness (QED) is 0.569. The second kappa shape index (κ2) is 7.50. The fraction of sp³-hybridized carbons (Fsp3) is 0.435. The van der Waals surface area contributed by atoms with E-state index in [4.69, 9.17) is 0 Å². The van der Waals surface area contributed by atoms with E-state index < -0.39 is 17.5 Å². The van der Waals surface area contributed by atoms with Crippen LogP contribution in [-0.4, -0.2) is 36.9 Å². The van der Waals surface area contributed by atoms with Gasteiger partial charge in [0.25, 0.3) is 5.91 Å². The number of amides is 1. The number of rotatable bonds is 3. The number of halogens is 3. The van der Waals surface area contributed by atoms with Gasteiger partial charge in [-0.2, -0.15) is 10.2 Å². The Morgan fingerprint density at radius 1 is 1.09 bits per heavy atom. The highest BCUT2D eigenvalue weighted by Gasteiger charge is 2.36. The lowest BCUT2D eigenvalue weighted by atomic mass is 9.81. The van der Waals surface area contributed by atoms with Crippen molar-refractivity contribution >= 4 is 5.91 Å². The van der Waals surface area contributed by atoms with Crippen molar-refractivity contribution in [1.82, 2.24) is 24.5 Å². The molecule has 168 valence electrons. The maximum Gasteiger partial charge on any atom is 0.257 e. The van der Waals surface area contributed by atoms with E-state index in [1.165, 1.54) is 0 Å². The number of nitrogens with zero attached hydrogens (tertiary/aromatic N) is 5. The number of aryl methyl sites for hydroxylation is 2. The standard InChI is InChI=1S/C23H24F3N5O/c1-12-20-15(22(30(3)28-20)14-9-17(24)19(26)18(25)10-14)7-8-31(12)23(32)16-11-27-29(2)21(16)13-5-4-6-13/h9-13H,4-8H2,1-3H3/t12-/m0/s1. The highest BCUT2D eigenvalue weighted by atomic mass is 19.2. The van der Waals surface area contributed by atoms with Gasteiger partial charge < -0.3 is 4.90 Å². The molecule has 9 heteroatoms. The van der Waals surface area contributed by atoms with Gasteiger partial charge in [-0.05, 0) is 38.3 Å². The third kappa shape index (κ3) is 3.05. The Balaban J connectivity index is 1.50. The predicted octanol–water partition coefficient (Wildman–Crippen LogP) is 4.26. The summed E-state index contributed by atoms with van der Waals surface area (Å²) >= 11 is 0. The third-order valence-electron chi connectivity index (χ3n) is 6.87. The van der Waals surface area contributed by atoms with Crippen molar-refractivity contribution in [1.29, 1.82) is 0 Å². The predicted molar refractivity (Wildman–Crippen MR) is 111 cm³/mol. The van der Waals surface area contributed by atoms with Gasteiger partial charge in [0.1, 0.15) is 0 Å². The van der Waals surface area contributed by atoms with E-state index in [2.05, 4.69) is 10.2 Å². The third-order valence-corrected chi connectivity index (χ3v) is 6.87. The monoisotopic (exact) mass is 443 g/mol. The van der Waals surface area contributed by atoms with Gasteiger partial charge in [-0.15, -0.1) is 0 Å². The fourth-order valence-electron chi connectivity index (χ4n) is 5.01. The summed E-state index contributed by atoms with van der Waals surface area (Å²) in [5.74, 6) is -3.69. The molecule has 1 amide bonds. The molecule has 2 aromatic heterocycles. The van der Waals surface area contributed by atoms with Gasteiger partial charge >= 0.3 is 0 Å². The summed E-state index contributed by atoms with van der Waals surface area (Å²) in [6, 6.07) is 1.65. The number of aromatic nitrogens is 4. The molecular formula is C23H24F3N5O. The van der Waals surface area contributed by atoms with Crippen LogP contribution in [0.4, 0.5) is 13.2 Å². The first-order valence-electron chi connectivity index (χ1n) is 10.8. The molecule has 32 heavy (non-hydrogen) atoms. The summed E-state index contributed by atoms with van der Waals surface area (Å²) in [4.78, 5) is 15.3. The molecule has 2 aliphatic rings. The maximum absolute atomic E-state index is 13.9. The molecule has 0 spiro atoms.